The maximum Gasteiger partial charge on any atom is 0.229 e. The van der Waals surface area contributed by atoms with Crippen LogP contribution in [-0.4, -0.2) is 21.1 Å². The van der Waals surface area contributed by atoms with Gasteiger partial charge in [0.2, 0.25) is 5.89 Å². The highest BCUT2D eigenvalue weighted by Crippen LogP contribution is 2.29. The Labute approximate surface area is 136 Å². The van der Waals surface area contributed by atoms with Crippen LogP contribution in [0.1, 0.15) is 31.1 Å². The molecule has 0 bridgehead atoms. The molecule has 5 nitrogen and oxygen atoms in total. The second-order valence-electron chi connectivity index (χ2n) is 5.35. The zero-order valence-electron chi connectivity index (χ0n) is 13.7. The van der Waals surface area contributed by atoms with Gasteiger partial charge in [0.05, 0.1) is 30.1 Å². The Morgan fingerprint density at radius 1 is 1.17 bits per heavy atom. The van der Waals surface area contributed by atoms with Crippen molar-refractivity contribution in [3.05, 3.63) is 53.9 Å². The SMILES string of the molecule is CCOc1ccccc1-c1nc(Cn2cc(C)nc2CC)co1. The van der Waals surface area contributed by atoms with E-state index in [-0.39, 0.29) is 0 Å². The van der Waals surface area contributed by atoms with Crippen LogP contribution in [0.2, 0.25) is 0 Å². The number of hydrogen-bond donors (Lipinski definition) is 0. The highest BCUT2D eigenvalue weighted by atomic mass is 16.5. The first-order valence-corrected chi connectivity index (χ1v) is 7.90. The molecule has 0 radical (unpaired) electrons. The van der Waals surface area contributed by atoms with Crippen LogP contribution in [0.3, 0.4) is 0 Å². The van der Waals surface area contributed by atoms with Crippen molar-refractivity contribution < 1.29 is 9.15 Å². The third-order valence-corrected chi connectivity index (χ3v) is 3.60. The number of aryl methyl sites for hydroxylation is 2. The molecular weight excluding hydrogens is 290 g/mol. The fraction of sp³-hybridized carbons (Fsp3) is 0.333. The van der Waals surface area contributed by atoms with Gasteiger partial charge in [0.15, 0.2) is 0 Å². The summed E-state index contributed by atoms with van der Waals surface area (Å²) in [4.78, 5) is 9.12. The predicted octanol–water partition coefficient (Wildman–Crippen LogP) is 3.86. The van der Waals surface area contributed by atoms with E-state index in [0.717, 1.165) is 34.9 Å². The van der Waals surface area contributed by atoms with Crippen molar-refractivity contribution in [1.29, 1.82) is 0 Å². The molecule has 0 spiro atoms. The van der Waals surface area contributed by atoms with Gasteiger partial charge in [-0.05, 0) is 26.0 Å². The monoisotopic (exact) mass is 311 g/mol. The van der Waals surface area contributed by atoms with E-state index in [9.17, 15) is 0 Å². The number of imidazole rings is 1. The Morgan fingerprint density at radius 2 is 2.00 bits per heavy atom. The number of rotatable bonds is 6. The molecule has 2 aromatic heterocycles. The van der Waals surface area contributed by atoms with Crippen molar-refractivity contribution in [2.45, 2.75) is 33.7 Å². The smallest absolute Gasteiger partial charge is 0.229 e. The summed E-state index contributed by atoms with van der Waals surface area (Å²) in [6.45, 7) is 7.33. The van der Waals surface area contributed by atoms with Gasteiger partial charge in [0.1, 0.15) is 17.8 Å². The van der Waals surface area contributed by atoms with Crippen LogP contribution in [0.25, 0.3) is 11.5 Å². The molecule has 0 aliphatic carbocycles. The minimum absolute atomic E-state index is 0.582. The van der Waals surface area contributed by atoms with Crippen LogP contribution in [0.5, 0.6) is 5.75 Å². The Hall–Kier alpha value is -2.56. The number of ether oxygens (including phenoxy) is 1. The quantitative estimate of drug-likeness (QED) is 0.693. The van der Waals surface area contributed by atoms with E-state index in [1.54, 1.807) is 6.26 Å². The Morgan fingerprint density at radius 3 is 2.78 bits per heavy atom. The molecule has 0 aliphatic heterocycles. The van der Waals surface area contributed by atoms with E-state index in [2.05, 4.69) is 21.5 Å². The van der Waals surface area contributed by atoms with Crippen LogP contribution >= 0.6 is 0 Å². The highest BCUT2D eigenvalue weighted by Gasteiger charge is 2.13. The number of aromatic nitrogens is 3. The lowest BCUT2D eigenvalue weighted by Gasteiger charge is -2.06. The normalized spacial score (nSPS) is 10.9. The van der Waals surface area contributed by atoms with Gasteiger partial charge < -0.3 is 13.7 Å². The maximum absolute atomic E-state index is 5.67. The summed E-state index contributed by atoms with van der Waals surface area (Å²) in [5.74, 6) is 2.43. The second-order valence-corrected chi connectivity index (χ2v) is 5.35. The van der Waals surface area contributed by atoms with Crippen molar-refractivity contribution in [2.75, 3.05) is 6.61 Å². The summed E-state index contributed by atoms with van der Waals surface area (Å²) in [5, 5.41) is 0. The molecule has 120 valence electrons. The lowest BCUT2D eigenvalue weighted by atomic mass is 10.2. The van der Waals surface area contributed by atoms with E-state index in [0.29, 0.717) is 19.0 Å². The van der Waals surface area contributed by atoms with Crippen molar-refractivity contribution in [3.8, 4) is 17.2 Å². The minimum atomic E-state index is 0.582. The molecule has 0 fully saturated rings. The van der Waals surface area contributed by atoms with Crippen LogP contribution in [0.15, 0.2) is 41.1 Å². The first-order valence-electron chi connectivity index (χ1n) is 7.90. The number of hydrogen-bond acceptors (Lipinski definition) is 4. The second kappa shape index (κ2) is 6.69. The highest BCUT2D eigenvalue weighted by molar-refractivity contribution is 5.62. The summed E-state index contributed by atoms with van der Waals surface area (Å²) in [7, 11) is 0. The molecule has 3 aromatic rings. The standard InChI is InChI=1S/C18H21N3O2/c1-4-17-19-13(3)10-21(17)11-14-12-23-18(20-14)15-8-6-7-9-16(15)22-5-2/h6-10,12H,4-5,11H2,1-3H3. The van der Waals surface area contributed by atoms with E-state index in [1.807, 2.05) is 44.3 Å². The Kier molecular flexibility index (Phi) is 4.46. The third-order valence-electron chi connectivity index (χ3n) is 3.60. The van der Waals surface area contributed by atoms with Gasteiger partial charge >= 0.3 is 0 Å². The lowest BCUT2D eigenvalue weighted by molar-refractivity contribution is 0.340. The number of nitrogens with zero attached hydrogens (tertiary/aromatic N) is 3. The molecular formula is C18H21N3O2. The molecule has 0 N–H and O–H groups in total. The first kappa shape index (κ1) is 15.3. The third kappa shape index (κ3) is 3.28. The average molecular weight is 311 g/mol. The van der Waals surface area contributed by atoms with Crippen molar-refractivity contribution in [3.63, 3.8) is 0 Å². The zero-order chi connectivity index (χ0) is 16.2. The van der Waals surface area contributed by atoms with Gasteiger partial charge in [-0.15, -0.1) is 0 Å². The lowest BCUT2D eigenvalue weighted by Crippen LogP contribution is -2.03. The first-order chi connectivity index (χ1) is 11.2. The summed E-state index contributed by atoms with van der Waals surface area (Å²) in [5.41, 5.74) is 2.77. The molecule has 0 unspecified atom stereocenters. The molecule has 0 saturated heterocycles. The van der Waals surface area contributed by atoms with Crippen LogP contribution in [-0.2, 0) is 13.0 Å². The van der Waals surface area contributed by atoms with Gasteiger partial charge in [-0.3, -0.25) is 0 Å². The molecule has 0 amide bonds. The van der Waals surface area contributed by atoms with Gasteiger partial charge in [-0.1, -0.05) is 19.1 Å². The molecule has 23 heavy (non-hydrogen) atoms. The number of para-hydroxylation sites is 1. The zero-order valence-corrected chi connectivity index (χ0v) is 13.7. The minimum Gasteiger partial charge on any atom is -0.493 e. The van der Waals surface area contributed by atoms with Gasteiger partial charge in [-0.25, -0.2) is 9.97 Å². The van der Waals surface area contributed by atoms with E-state index in [1.165, 1.54) is 0 Å². The van der Waals surface area contributed by atoms with E-state index < -0.39 is 0 Å². The maximum atomic E-state index is 5.67. The Balaban J connectivity index is 1.86. The topological polar surface area (TPSA) is 53.1 Å². The molecule has 2 heterocycles. The molecule has 0 atom stereocenters. The largest absolute Gasteiger partial charge is 0.493 e. The molecule has 0 aliphatic rings. The predicted molar refractivity (Wildman–Crippen MR) is 88.6 cm³/mol. The summed E-state index contributed by atoms with van der Waals surface area (Å²) in [6, 6.07) is 7.78. The summed E-state index contributed by atoms with van der Waals surface area (Å²) >= 11 is 0. The van der Waals surface area contributed by atoms with Gasteiger partial charge in [0.25, 0.3) is 0 Å². The van der Waals surface area contributed by atoms with Crippen molar-refractivity contribution >= 4 is 0 Å². The number of oxazole rings is 1. The Bertz CT molecular complexity index is 789. The van der Waals surface area contributed by atoms with E-state index >= 15 is 0 Å². The molecule has 0 saturated carbocycles. The summed E-state index contributed by atoms with van der Waals surface area (Å²) < 4.78 is 13.4. The molecule has 1 aromatic carbocycles. The van der Waals surface area contributed by atoms with E-state index in [4.69, 9.17) is 9.15 Å². The van der Waals surface area contributed by atoms with Crippen molar-refractivity contribution in [2.24, 2.45) is 0 Å². The summed E-state index contributed by atoms with van der Waals surface area (Å²) in [6.07, 6.45) is 4.64. The van der Waals surface area contributed by atoms with Crippen LogP contribution in [0.4, 0.5) is 0 Å². The molecule has 5 heteroatoms. The fourth-order valence-corrected chi connectivity index (χ4v) is 2.62. The van der Waals surface area contributed by atoms with Gasteiger partial charge in [0, 0.05) is 12.6 Å². The fourth-order valence-electron chi connectivity index (χ4n) is 2.62. The van der Waals surface area contributed by atoms with Crippen LogP contribution in [0, 0.1) is 6.92 Å². The number of benzene rings is 1. The molecule has 3 rings (SSSR count). The van der Waals surface area contributed by atoms with Crippen LogP contribution < -0.4 is 4.74 Å². The van der Waals surface area contributed by atoms with Gasteiger partial charge in [-0.2, -0.15) is 0 Å². The average Bonchev–Trinajstić information content (AvgIpc) is 3.15. The van der Waals surface area contributed by atoms with Crippen molar-refractivity contribution in [1.82, 2.24) is 14.5 Å².